The molecule has 2 rings (SSSR count). The summed E-state index contributed by atoms with van der Waals surface area (Å²) in [4.78, 5) is 7.05. The Labute approximate surface area is 177 Å². The lowest BCUT2D eigenvalue weighted by molar-refractivity contribution is -0.182. The van der Waals surface area contributed by atoms with E-state index in [0.717, 1.165) is 45.4 Å². The summed E-state index contributed by atoms with van der Waals surface area (Å²) < 4.78 is 43.7. The number of hydrogen-bond donors (Lipinski definition) is 2. The summed E-state index contributed by atoms with van der Waals surface area (Å²) in [7, 11) is 0. The van der Waals surface area contributed by atoms with Crippen molar-refractivity contribution in [1.29, 1.82) is 0 Å². The minimum Gasteiger partial charge on any atom is -0.379 e. The Balaban J connectivity index is 0.00000364. The van der Waals surface area contributed by atoms with Crippen LogP contribution >= 0.6 is 24.0 Å². The Morgan fingerprint density at radius 3 is 2.37 bits per heavy atom. The molecule has 1 aliphatic heterocycles. The zero-order chi connectivity index (χ0) is 19.0. The van der Waals surface area contributed by atoms with Gasteiger partial charge in [0.25, 0.3) is 0 Å². The molecule has 0 radical (unpaired) electrons. The molecule has 1 aliphatic carbocycles. The molecule has 2 N–H and O–H groups in total. The normalized spacial score (nSPS) is 26.2. The van der Waals surface area contributed by atoms with Crippen LogP contribution in [0.4, 0.5) is 13.2 Å². The van der Waals surface area contributed by atoms with Gasteiger partial charge in [-0.05, 0) is 38.5 Å². The van der Waals surface area contributed by atoms with Gasteiger partial charge in [-0.2, -0.15) is 13.2 Å². The molecule has 0 aromatic carbocycles. The van der Waals surface area contributed by atoms with Gasteiger partial charge in [0, 0.05) is 38.8 Å². The molecule has 0 spiro atoms. The van der Waals surface area contributed by atoms with Crippen molar-refractivity contribution in [1.82, 2.24) is 15.5 Å². The SMILES string of the molecule is CCNC(=NCC(C)CN1CCOCC1)NC1CCC(C(F)(F)F)CC1.I. The fraction of sp³-hybridized carbons (Fsp3) is 0.944. The lowest BCUT2D eigenvalue weighted by Gasteiger charge is -2.31. The van der Waals surface area contributed by atoms with Crippen LogP contribution in [0.2, 0.25) is 0 Å². The van der Waals surface area contributed by atoms with Gasteiger partial charge in [-0.15, -0.1) is 24.0 Å². The van der Waals surface area contributed by atoms with Crippen LogP contribution < -0.4 is 10.6 Å². The lowest BCUT2D eigenvalue weighted by Crippen LogP contribution is -2.46. The minimum atomic E-state index is -4.06. The van der Waals surface area contributed by atoms with E-state index in [4.69, 9.17) is 4.74 Å². The maximum atomic E-state index is 12.8. The molecule has 1 atom stereocenters. The van der Waals surface area contributed by atoms with Crippen LogP contribution in [-0.4, -0.2) is 69.0 Å². The third kappa shape index (κ3) is 9.17. The number of alkyl halides is 3. The monoisotopic (exact) mass is 506 g/mol. The highest BCUT2D eigenvalue weighted by molar-refractivity contribution is 14.0. The van der Waals surface area contributed by atoms with Gasteiger partial charge in [-0.3, -0.25) is 9.89 Å². The van der Waals surface area contributed by atoms with Crippen LogP contribution in [0, 0.1) is 11.8 Å². The average molecular weight is 506 g/mol. The molecule has 160 valence electrons. The highest BCUT2D eigenvalue weighted by Crippen LogP contribution is 2.37. The predicted molar refractivity (Wildman–Crippen MR) is 113 cm³/mol. The van der Waals surface area contributed by atoms with Gasteiger partial charge in [0.05, 0.1) is 19.1 Å². The van der Waals surface area contributed by atoms with Crippen molar-refractivity contribution in [3.8, 4) is 0 Å². The first-order valence-corrected chi connectivity index (χ1v) is 9.80. The fourth-order valence-electron chi connectivity index (χ4n) is 3.61. The van der Waals surface area contributed by atoms with Gasteiger partial charge in [-0.1, -0.05) is 6.92 Å². The first-order chi connectivity index (χ1) is 12.4. The molecule has 1 saturated carbocycles. The van der Waals surface area contributed by atoms with Crippen molar-refractivity contribution < 1.29 is 17.9 Å². The van der Waals surface area contributed by atoms with E-state index in [0.29, 0.717) is 25.3 Å². The molecule has 2 aliphatic rings. The van der Waals surface area contributed by atoms with E-state index in [9.17, 15) is 13.2 Å². The first-order valence-electron chi connectivity index (χ1n) is 9.80. The van der Waals surface area contributed by atoms with E-state index in [1.807, 2.05) is 6.92 Å². The summed E-state index contributed by atoms with van der Waals surface area (Å²) in [6.07, 6.45) is -2.57. The molecule has 5 nitrogen and oxygen atoms in total. The quantitative estimate of drug-likeness (QED) is 0.330. The number of guanidine groups is 1. The highest BCUT2D eigenvalue weighted by Gasteiger charge is 2.41. The second-order valence-corrected chi connectivity index (χ2v) is 7.47. The summed E-state index contributed by atoms with van der Waals surface area (Å²) >= 11 is 0. The van der Waals surface area contributed by atoms with E-state index in [-0.39, 0.29) is 42.9 Å². The Kier molecular flexibility index (Phi) is 11.3. The third-order valence-corrected chi connectivity index (χ3v) is 5.11. The van der Waals surface area contributed by atoms with Crippen LogP contribution in [0.5, 0.6) is 0 Å². The molecule has 0 aromatic heterocycles. The molecule has 0 bridgehead atoms. The Hall–Kier alpha value is -0.290. The molecule has 2 fully saturated rings. The summed E-state index contributed by atoms with van der Waals surface area (Å²) in [6, 6.07) is 0.0703. The minimum absolute atomic E-state index is 0. The van der Waals surface area contributed by atoms with Crippen molar-refractivity contribution in [2.75, 3.05) is 45.9 Å². The van der Waals surface area contributed by atoms with Crippen molar-refractivity contribution in [2.24, 2.45) is 16.8 Å². The second-order valence-electron chi connectivity index (χ2n) is 7.47. The fourth-order valence-corrected chi connectivity index (χ4v) is 3.61. The van der Waals surface area contributed by atoms with Crippen LogP contribution in [0.15, 0.2) is 4.99 Å². The zero-order valence-electron chi connectivity index (χ0n) is 16.4. The largest absolute Gasteiger partial charge is 0.391 e. The maximum Gasteiger partial charge on any atom is 0.391 e. The van der Waals surface area contributed by atoms with Crippen LogP contribution in [0.25, 0.3) is 0 Å². The smallest absolute Gasteiger partial charge is 0.379 e. The number of hydrogen-bond acceptors (Lipinski definition) is 3. The first kappa shape index (κ1) is 24.7. The topological polar surface area (TPSA) is 48.9 Å². The van der Waals surface area contributed by atoms with E-state index in [1.54, 1.807) is 0 Å². The van der Waals surface area contributed by atoms with Crippen molar-refractivity contribution >= 4 is 29.9 Å². The molecule has 0 aromatic rings. The number of ether oxygens (including phenoxy) is 1. The number of aliphatic imine (C=N–C) groups is 1. The molecule has 0 amide bonds. The third-order valence-electron chi connectivity index (χ3n) is 5.11. The van der Waals surface area contributed by atoms with Crippen LogP contribution in [0.3, 0.4) is 0 Å². The number of rotatable bonds is 6. The van der Waals surface area contributed by atoms with E-state index >= 15 is 0 Å². The van der Waals surface area contributed by atoms with Gasteiger partial charge in [0.15, 0.2) is 5.96 Å². The van der Waals surface area contributed by atoms with Gasteiger partial charge in [-0.25, -0.2) is 0 Å². The molecular weight excluding hydrogens is 472 g/mol. The van der Waals surface area contributed by atoms with Crippen molar-refractivity contribution in [3.05, 3.63) is 0 Å². The molecule has 9 heteroatoms. The van der Waals surface area contributed by atoms with Crippen molar-refractivity contribution in [3.63, 3.8) is 0 Å². The van der Waals surface area contributed by atoms with Crippen LogP contribution in [-0.2, 0) is 4.74 Å². The molecule has 1 unspecified atom stereocenters. The molecule has 1 heterocycles. The zero-order valence-corrected chi connectivity index (χ0v) is 18.7. The second kappa shape index (κ2) is 12.3. The summed E-state index contributed by atoms with van der Waals surface area (Å²) in [6.45, 7) is 10.1. The van der Waals surface area contributed by atoms with E-state index in [1.165, 1.54) is 0 Å². The lowest BCUT2D eigenvalue weighted by atomic mass is 9.85. The standard InChI is InChI=1S/C18H33F3N4O.HI/c1-3-22-17(23-12-14(2)13-25-8-10-26-11-9-25)24-16-6-4-15(5-7-16)18(19,20)21;/h14-16H,3-13H2,1-2H3,(H2,22,23,24);1H. The highest BCUT2D eigenvalue weighted by atomic mass is 127. The van der Waals surface area contributed by atoms with Gasteiger partial charge in [0.2, 0.25) is 0 Å². The van der Waals surface area contributed by atoms with E-state index < -0.39 is 12.1 Å². The number of nitrogens with one attached hydrogen (secondary N) is 2. The van der Waals surface area contributed by atoms with Gasteiger partial charge >= 0.3 is 6.18 Å². The Morgan fingerprint density at radius 2 is 1.81 bits per heavy atom. The molecule has 1 saturated heterocycles. The van der Waals surface area contributed by atoms with Crippen molar-refractivity contribution in [2.45, 2.75) is 51.7 Å². The number of halogens is 4. The Morgan fingerprint density at radius 1 is 1.19 bits per heavy atom. The summed E-state index contributed by atoms with van der Waals surface area (Å²) in [5.74, 6) is -0.00470. The maximum absolute atomic E-state index is 12.8. The summed E-state index contributed by atoms with van der Waals surface area (Å²) in [5.41, 5.74) is 0. The van der Waals surface area contributed by atoms with Gasteiger partial charge < -0.3 is 15.4 Å². The van der Waals surface area contributed by atoms with Crippen LogP contribution in [0.1, 0.15) is 39.5 Å². The number of morpholine rings is 1. The predicted octanol–water partition coefficient (Wildman–Crippen LogP) is 3.25. The number of nitrogens with zero attached hydrogens (tertiary/aromatic N) is 2. The average Bonchev–Trinajstić information content (AvgIpc) is 2.60. The molecular formula is C18H34F3IN4O. The van der Waals surface area contributed by atoms with Gasteiger partial charge in [0.1, 0.15) is 0 Å². The molecule has 27 heavy (non-hydrogen) atoms. The summed E-state index contributed by atoms with van der Waals surface area (Å²) in [5, 5.41) is 6.54. The van der Waals surface area contributed by atoms with E-state index in [2.05, 4.69) is 27.4 Å². The Bertz CT molecular complexity index is 437.